The molecule has 0 aliphatic carbocycles. The summed E-state index contributed by atoms with van der Waals surface area (Å²) < 4.78 is 0.502. The molecular formula is C17H15ClN2O3S2. The van der Waals surface area contributed by atoms with Gasteiger partial charge in [-0.15, -0.1) is 0 Å². The standard InChI is InChI=1S/C17H15ClN2O3S2/c18-13-7-3-1-5-11(13)10-19-16(21)9-15(25-17(19)24)12-6-2-4-8-14(12)20(22)23/h1-8,15-16,21H,9-10H2. The maximum atomic E-state index is 11.2. The van der Waals surface area contributed by atoms with Crippen LogP contribution in [-0.4, -0.2) is 25.5 Å². The number of nitrogens with zero attached hydrogens (tertiary/aromatic N) is 2. The van der Waals surface area contributed by atoms with Crippen LogP contribution in [0.15, 0.2) is 48.5 Å². The Morgan fingerprint density at radius 2 is 1.96 bits per heavy atom. The zero-order chi connectivity index (χ0) is 18.0. The first-order valence-corrected chi connectivity index (χ1v) is 9.26. The minimum absolute atomic E-state index is 0.0505. The molecule has 0 bridgehead atoms. The maximum Gasteiger partial charge on any atom is 0.273 e. The molecule has 0 spiro atoms. The van der Waals surface area contributed by atoms with Gasteiger partial charge < -0.3 is 10.0 Å². The molecule has 1 N–H and O–H groups in total. The van der Waals surface area contributed by atoms with Gasteiger partial charge in [0.1, 0.15) is 10.5 Å². The molecule has 0 aromatic heterocycles. The third-order valence-corrected chi connectivity index (χ3v) is 6.10. The van der Waals surface area contributed by atoms with Gasteiger partial charge in [0.25, 0.3) is 5.69 Å². The molecule has 1 saturated heterocycles. The molecule has 1 fully saturated rings. The van der Waals surface area contributed by atoms with Gasteiger partial charge in [-0.25, -0.2) is 0 Å². The molecule has 0 saturated carbocycles. The van der Waals surface area contributed by atoms with E-state index >= 15 is 0 Å². The van der Waals surface area contributed by atoms with E-state index in [1.807, 2.05) is 18.2 Å². The first kappa shape index (κ1) is 18.1. The van der Waals surface area contributed by atoms with Crippen molar-refractivity contribution in [3.8, 4) is 0 Å². The van der Waals surface area contributed by atoms with Crippen molar-refractivity contribution in [1.82, 2.24) is 4.90 Å². The van der Waals surface area contributed by atoms with Crippen LogP contribution in [0.25, 0.3) is 0 Å². The van der Waals surface area contributed by atoms with Crippen molar-refractivity contribution >= 4 is 45.6 Å². The molecule has 2 aromatic carbocycles. The normalized spacial score (nSPS) is 20.6. The fraction of sp³-hybridized carbons (Fsp3) is 0.235. The summed E-state index contributed by atoms with van der Waals surface area (Å²) >= 11 is 13.0. The number of halogens is 1. The van der Waals surface area contributed by atoms with Crippen LogP contribution in [0.1, 0.15) is 22.8 Å². The van der Waals surface area contributed by atoms with Crippen LogP contribution >= 0.6 is 35.6 Å². The Hall–Kier alpha value is -1.67. The number of thioether (sulfide) groups is 1. The fourth-order valence-corrected chi connectivity index (χ4v) is 4.66. The van der Waals surface area contributed by atoms with Gasteiger partial charge in [0, 0.05) is 34.9 Å². The van der Waals surface area contributed by atoms with E-state index in [9.17, 15) is 15.2 Å². The van der Waals surface area contributed by atoms with Crippen LogP contribution in [0.3, 0.4) is 0 Å². The summed E-state index contributed by atoms with van der Waals surface area (Å²) in [5, 5.41) is 22.2. The highest BCUT2D eigenvalue weighted by Gasteiger charge is 2.34. The molecule has 3 rings (SSSR count). The molecule has 25 heavy (non-hydrogen) atoms. The van der Waals surface area contributed by atoms with Gasteiger partial charge in [-0.05, 0) is 11.6 Å². The van der Waals surface area contributed by atoms with Crippen molar-refractivity contribution in [2.24, 2.45) is 0 Å². The summed E-state index contributed by atoms with van der Waals surface area (Å²) in [6.07, 6.45) is -0.477. The van der Waals surface area contributed by atoms with Crippen LogP contribution in [0.4, 0.5) is 5.69 Å². The molecule has 5 nitrogen and oxygen atoms in total. The Kier molecular flexibility index (Phi) is 5.58. The number of rotatable bonds is 4. The highest BCUT2D eigenvalue weighted by molar-refractivity contribution is 8.23. The van der Waals surface area contributed by atoms with Crippen molar-refractivity contribution in [2.45, 2.75) is 24.4 Å². The SMILES string of the molecule is O=[N+]([O-])c1ccccc1C1CC(O)N(Cc2ccccc2Cl)C(=S)S1. The van der Waals surface area contributed by atoms with Crippen LogP contribution < -0.4 is 0 Å². The van der Waals surface area contributed by atoms with Crippen LogP contribution in [-0.2, 0) is 6.54 Å². The minimum atomic E-state index is -0.824. The Morgan fingerprint density at radius 3 is 2.64 bits per heavy atom. The maximum absolute atomic E-state index is 11.2. The van der Waals surface area contributed by atoms with Crippen LogP contribution in [0.2, 0.25) is 5.02 Å². The Bertz CT molecular complexity index is 818. The lowest BCUT2D eigenvalue weighted by molar-refractivity contribution is -0.385. The minimum Gasteiger partial charge on any atom is -0.374 e. The molecule has 1 aliphatic heterocycles. The van der Waals surface area contributed by atoms with E-state index in [1.54, 1.807) is 29.2 Å². The smallest absolute Gasteiger partial charge is 0.273 e. The highest BCUT2D eigenvalue weighted by Crippen LogP contribution is 2.44. The zero-order valence-electron chi connectivity index (χ0n) is 13.0. The van der Waals surface area contributed by atoms with Crippen molar-refractivity contribution in [3.05, 3.63) is 74.8 Å². The van der Waals surface area contributed by atoms with E-state index in [0.29, 0.717) is 27.9 Å². The van der Waals surface area contributed by atoms with Crippen LogP contribution in [0.5, 0.6) is 0 Å². The predicted molar refractivity (Wildman–Crippen MR) is 104 cm³/mol. The van der Waals surface area contributed by atoms with E-state index in [4.69, 9.17) is 23.8 Å². The average Bonchev–Trinajstić information content (AvgIpc) is 2.59. The van der Waals surface area contributed by atoms with Gasteiger partial charge in [-0.2, -0.15) is 0 Å². The second-order valence-electron chi connectivity index (χ2n) is 5.62. The summed E-state index contributed by atoms with van der Waals surface area (Å²) in [7, 11) is 0. The second kappa shape index (κ2) is 7.70. The number of benzene rings is 2. The first-order valence-electron chi connectivity index (χ1n) is 7.59. The first-order chi connectivity index (χ1) is 12.0. The molecule has 8 heteroatoms. The third-order valence-electron chi connectivity index (χ3n) is 4.04. The number of hydrogen-bond acceptors (Lipinski definition) is 5. The van der Waals surface area contributed by atoms with Gasteiger partial charge >= 0.3 is 0 Å². The molecule has 0 amide bonds. The van der Waals surface area contributed by atoms with E-state index in [2.05, 4.69) is 0 Å². The molecule has 2 aromatic rings. The van der Waals surface area contributed by atoms with Crippen molar-refractivity contribution in [3.63, 3.8) is 0 Å². The van der Waals surface area contributed by atoms with E-state index in [0.717, 1.165) is 5.56 Å². The largest absolute Gasteiger partial charge is 0.374 e. The van der Waals surface area contributed by atoms with E-state index in [-0.39, 0.29) is 10.9 Å². The number of nitro benzene ring substituents is 1. The summed E-state index contributed by atoms with van der Waals surface area (Å²) in [4.78, 5) is 12.5. The lowest BCUT2D eigenvalue weighted by Gasteiger charge is -2.37. The molecule has 130 valence electrons. The Morgan fingerprint density at radius 1 is 1.28 bits per heavy atom. The summed E-state index contributed by atoms with van der Waals surface area (Å²) in [6.45, 7) is 0.399. The molecule has 0 radical (unpaired) electrons. The van der Waals surface area contributed by atoms with Gasteiger partial charge in [0.15, 0.2) is 0 Å². The summed E-state index contributed by atoms with van der Waals surface area (Å²) in [5.41, 5.74) is 1.50. The number of hydrogen-bond donors (Lipinski definition) is 1. The predicted octanol–water partition coefficient (Wildman–Crippen LogP) is 4.53. The number of para-hydroxylation sites is 1. The molecular weight excluding hydrogens is 380 g/mol. The van der Waals surface area contributed by atoms with E-state index in [1.165, 1.54) is 17.8 Å². The summed E-state index contributed by atoms with van der Waals surface area (Å²) in [6, 6.07) is 14.0. The fourth-order valence-electron chi connectivity index (χ4n) is 2.77. The van der Waals surface area contributed by atoms with Gasteiger partial charge in [0.05, 0.1) is 4.92 Å². The zero-order valence-corrected chi connectivity index (χ0v) is 15.4. The Balaban J connectivity index is 1.80. The Labute approximate surface area is 159 Å². The number of nitro groups is 1. The quantitative estimate of drug-likeness (QED) is 0.466. The van der Waals surface area contributed by atoms with Crippen molar-refractivity contribution in [2.75, 3.05) is 0 Å². The average molecular weight is 395 g/mol. The molecule has 2 unspecified atom stereocenters. The van der Waals surface area contributed by atoms with Crippen molar-refractivity contribution in [1.29, 1.82) is 0 Å². The topological polar surface area (TPSA) is 66.6 Å². The van der Waals surface area contributed by atoms with Gasteiger partial charge in [-0.1, -0.05) is 72.0 Å². The summed E-state index contributed by atoms with van der Waals surface area (Å²) in [5.74, 6) is 0. The third kappa shape index (κ3) is 3.95. The molecule has 2 atom stereocenters. The number of aliphatic hydroxyl groups excluding tert-OH is 1. The van der Waals surface area contributed by atoms with Crippen LogP contribution in [0, 0.1) is 10.1 Å². The van der Waals surface area contributed by atoms with Gasteiger partial charge in [-0.3, -0.25) is 10.1 Å². The number of thiocarbonyl (C=S) groups is 1. The van der Waals surface area contributed by atoms with E-state index < -0.39 is 11.2 Å². The highest BCUT2D eigenvalue weighted by atomic mass is 35.5. The molecule has 1 heterocycles. The monoisotopic (exact) mass is 394 g/mol. The van der Waals surface area contributed by atoms with Crippen molar-refractivity contribution < 1.29 is 10.0 Å². The second-order valence-corrected chi connectivity index (χ2v) is 7.87. The number of aliphatic hydroxyl groups is 1. The van der Waals surface area contributed by atoms with Gasteiger partial charge in [0.2, 0.25) is 0 Å². The lowest BCUT2D eigenvalue weighted by atomic mass is 10.1. The molecule has 1 aliphatic rings. The lowest BCUT2D eigenvalue weighted by Crippen LogP contribution is -2.42.